The maximum Gasteiger partial charge on any atom is 0.326 e. The van der Waals surface area contributed by atoms with Crippen molar-refractivity contribution in [2.24, 2.45) is 0 Å². The first-order valence-electron chi connectivity index (χ1n) is 5.00. The molecule has 0 saturated carbocycles. The fourth-order valence-electron chi connectivity index (χ4n) is 1.09. The number of aliphatic carboxylic acids is 1. The van der Waals surface area contributed by atoms with Gasteiger partial charge in [0.25, 0.3) is 0 Å². The molecule has 0 aliphatic heterocycles. The van der Waals surface area contributed by atoms with Crippen molar-refractivity contribution >= 4 is 11.9 Å². The molecule has 0 aliphatic rings. The van der Waals surface area contributed by atoms with Gasteiger partial charge in [-0.3, -0.25) is 4.79 Å². The third-order valence-electron chi connectivity index (χ3n) is 2.19. The number of carbonyl (C=O) groups excluding carboxylic acids is 1. The number of methoxy groups -OCH3 is 1. The van der Waals surface area contributed by atoms with Crippen LogP contribution in [0.5, 0.6) is 0 Å². The van der Waals surface area contributed by atoms with Crippen LogP contribution in [0.2, 0.25) is 0 Å². The van der Waals surface area contributed by atoms with Gasteiger partial charge in [-0.05, 0) is 13.8 Å². The van der Waals surface area contributed by atoms with Crippen LogP contribution in [-0.2, 0) is 14.3 Å². The van der Waals surface area contributed by atoms with Crippen molar-refractivity contribution in [3.05, 3.63) is 0 Å². The van der Waals surface area contributed by atoms with E-state index in [1.54, 1.807) is 13.8 Å². The van der Waals surface area contributed by atoms with E-state index in [0.717, 1.165) is 0 Å². The average molecular weight is 233 g/mol. The summed E-state index contributed by atoms with van der Waals surface area (Å²) in [5.74, 6) is -1.56. The molecule has 0 heterocycles. The zero-order valence-electron chi connectivity index (χ0n) is 9.82. The summed E-state index contributed by atoms with van der Waals surface area (Å²) in [4.78, 5) is 22.2. The molecule has 1 amide bonds. The molecule has 3 N–H and O–H groups in total. The first-order chi connectivity index (χ1) is 7.32. The molecule has 16 heavy (non-hydrogen) atoms. The third kappa shape index (κ3) is 5.67. The van der Waals surface area contributed by atoms with Gasteiger partial charge in [0.2, 0.25) is 5.91 Å². The molecule has 0 saturated heterocycles. The lowest BCUT2D eigenvalue weighted by molar-refractivity contribution is -0.143. The van der Waals surface area contributed by atoms with E-state index in [-0.39, 0.29) is 19.4 Å². The molecule has 0 aromatic rings. The third-order valence-corrected chi connectivity index (χ3v) is 2.19. The molecule has 0 aliphatic carbocycles. The number of carboxylic acid groups (broad SMARTS) is 1. The lowest BCUT2D eigenvalue weighted by atomic mass is 10.0. The van der Waals surface area contributed by atoms with Crippen molar-refractivity contribution in [3.63, 3.8) is 0 Å². The Morgan fingerprint density at radius 1 is 1.44 bits per heavy atom. The van der Waals surface area contributed by atoms with Crippen LogP contribution in [0.25, 0.3) is 0 Å². The van der Waals surface area contributed by atoms with E-state index in [9.17, 15) is 9.59 Å². The van der Waals surface area contributed by atoms with Crippen LogP contribution >= 0.6 is 0 Å². The number of hydrogen-bond donors (Lipinski definition) is 3. The number of ether oxygens (including phenoxy) is 1. The summed E-state index contributed by atoms with van der Waals surface area (Å²) in [7, 11) is 1.48. The first-order valence-corrected chi connectivity index (χ1v) is 5.00. The van der Waals surface area contributed by atoms with Gasteiger partial charge in [0.1, 0.15) is 6.04 Å². The molecular weight excluding hydrogens is 214 g/mol. The summed E-state index contributed by atoms with van der Waals surface area (Å²) in [5, 5.41) is 19.7. The van der Waals surface area contributed by atoms with Gasteiger partial charge in [-0.15, -0.1) is 0 Å². The fraction of sp³-hybridized carbons (Fsp3) is 0.800. The Hall–Kier alpha value is -1.14. The number of hydrogen-bond acceptors (Lipinski definition) is 4. The SMILES string of the molecule is COC(C)(C)CC(=O)N[C@@H](CCO)C(=O)O. The van der Waals surface area contributed by atoms with Crippen molar-refractivity contribution in [3.8, 4) is 0 Å². The molecule has 6 heteroatoms. The van der Waals surface area contributed by atoms with Crippen LogP contribution in [0.15, 0.2) is 0 Å². The van der Waals surface area contributed by atoms with E-state index in [4.69, 9.17) is 14.9 Å². The summed E-state index contributed by atoms with van der Waals surface area (Å²) in [5.41, 5.74) is -0.633. The lowest BCUT2D eigenvalue weighted by Gasteiger charge is -2.23. The molecule has 0 spiro atoms. The molecule has 0 bridgehead atoms. The highest BCUT2D eigenvalue weighted by atomic mass is 16.5. The molecule has 6 nitrogen and oxygen atoms in total. The van der Waals surface area contributed by atoms with Crippen molar-refractivity contribution in [1.29, 1.82) is 0 Å². The average Bonchev–Trinajstić information content (AvgIpc) is 2.16. The molecule has 0 unspecified atom stereocenters. The summed E-state index contributed by atoms with van der Waals surface area (Å²) >= 11 is 0. The second-order valence-corrected chi connectivity index (χ2v) is 4.11. The van der Waals surface area contributed by atoms with E-state index < -0.39 is 23.5 Å². The minimum atomic E-state index is -1.15. The van der Waals surface area contributed by atoms with Crippen molar-refractivity contribution in [1.82, 2.24) is 5.32 Å². The van der Waals surface area contributed by atoms with Gasteiger partial charge < -0.3 is 20.3 Å². The van der Waals surface area contributed by atoms with Gasteiger partial charge in [-0.2, -0.15) is 0 Å². The van der Waals surface area contributed by atoms with E-state index in [1.807, 2.05) is 0 Å². The van der Waals surface area contributed by atoms with Crippen LogP contribution in [-0.4, -0.2) is 47.4 Å². The Labute approximate surface area is 94.6 Å². The summed E-state index contributed by atoms with van der Waals surface area (Å²) < 4.78 is 5.05. The minimum Gasteiger partial charge on any atom is -0.480 e. The number of aliphatic hydroxyl groups excluding tert-OH is 1. The van der Waals surface area contributed by atoms with Crippen molar-refractivity contribution in [2.75, 3.05) is 13.7 Å². The molecule has 0 radical (unpaired) electrons. The van der Waals surface area contributed by atoms with Gasteiger partial charge in [0, 0.05) is 20.1 Å². The Morgan fingerprint density at radius 2 is 2.00 bits per heavy atom. The quantitative estimate of drug-likeness (QED) is 0.563. The predicted molar refractivity (Wildman–Crippen MR) is 57.0 cm³/mol. The normalized spacial score (nSPS) is 13.2. The van der Waals surface area contributed by atoms with Crippen LogP contribution in [0, 0.1) is 0 Å². The maximum absolute atomic E-state index is 11.5. The second kappa shape index (κ2) is 6.44. The predicted octanol–water partition coefficient (Wildman–Crippen LogP) is -0.247. The molecule has 0 fully saturated rings. The van der Waals surface area contributed by atoms with Crippen LogP contribution in [0.3, 0.4) is 0 Å². The van der Waals surface area contributed by atoms with Gasteiger partial charge in [-0.25, -0.2) is 4.79 Å². The summed E-state index contributed by atoms with van der Waals surface area (Å²) in [6, 6.07) is -1.05. The number of carboxylic acids is 1. The fourth-order valence-corrected chi connectivity index (χ4v) is 1.09. The highest BCUT2D eigenvalue weighted by Gasteiger charge is 2.25. The topological polar surface area (TPSA) is 95.9 Å². The number of amides is 1. The monoisotopic (exact) mass is 233 g/mol. The summed E-state index contributed by atoms with van der Waals surface area (Å²) in [6.07, 6.45) is 0.0627. The lowest BCUT2D eigenvalue weighted by Crippen LogP contribution is -2.44. The van der Waals surface area contributed by atoms with E-state index in [2.05, 4.69) is 5.32 Å². The first kappa shape index (κ1) is 14.9. The summed E-state index contributed by atoms with van der Waals surface area (Å²) in [6.45, 7) is 3.17. The second-order valence-electron chi connectivity index (χ2n) is 4.11. The van der Waals surface area contributed by atoms with Gasteiger partial charge in [0.15, 0.2) is 0 Å². The standard InChI is InChI=1S/C10H19NO5/c1-10(2,16-3)6-8(13)11-7(4-5-12)9(14)15/h7,12H,4-6H2,1-3H3,(H,11,13)(H,14,15)/t7-/m0/s1. The Bertz CT molecular complexity index is 252. The molecule has 0 rings (SSSR count). The zero-order chi connectivity index (χ0) is 12.8. The number of nitrogens with one attached hydrogen (secondary N) is 1. The van der Waals surface area contributed by atoms with Crippen LogP contribution in [0.4, 0.5) is 0 Å². The molecule has 0 aromatic carbocycles. The van der Waals surface area contributed by atoms with Crippen LogP contribution in [0.1, 0.15) is 26.7 Å². The van der Waals surface area contributed by atoms with E-state index in [0.29, 0.717) is 0 Å². The minimum absolute atomic E-state index is 0.00547. The van der Waals surface area contributed by atoms with Gasteiger partial charge in [0.05, 0.1) is 12.0 Å². The Morgan fingerprint density at radius 3 is 2.38 bits per heavy atom. The van der Waals surface area contributed by atoms with Crippen LogP contribution < -0.4 is 5.32 Å². The van der Waals surface area contributed by atoms with Gasteiger partial charge >= 0.3 is 5.97 Å². The van der Waals surface area contributed by atoms with E-state index >= 15 is 0 Å². The number of carbonyl (C=O) groups is 2. The Balaban J connectivity index is 4.25. The molecule has 94 valence electrons. The smallest absolute Gasteiger partial charge is 0.326 e. The molecular formula is C10H19NO5. The highest BCUT2D eigenvalue weighted by Crippen LogP contribution is 2.12. The maximum atomic E-state index is 11.5. The Kier molecular flexibility index (Phi) is 5.98. The molecule has 0 aromatic heterocycles. The molecule has 1 atom stereocenters. The largest absolute Gasteiger partial charge is 0.480 e. The number of rotatable bonds is 7. The van der Waals surface area contributed by atoms with Crippen molar-refractivity contribution in [2.45, 2.75) is 38.3 Å². The van der Waals surface area contributed by atoms with E-state index in [1.165, 1.54) is 7.11 Å². The van der Waals surface area contributed by atoms with Crippen molar-refractivity contribution < 1.29 is 24.5 Å². The highest BCUT2D eigenvalue weighted by molar-refractivity contribution is 5.83. The zero-order valence-corrected chi connectivity index (χ0v) is 9.82. The number of aliphatic hydroxyl groups is 1. The van der Waals surface area contributed by atoms with Gasteiger partial charge in [-0.1, -0.05) is 0 Å².